The molecule has 0 saturated carbocycles. The maximum atomic E-state index is 3.14. The van der Waals surface area contributed by atoms with Crippen molar-refractivity contribution in [1.82, 2.24) is 0 Å². The van der Waals surface area contributed by atoms with E-state index in [-0.39, 0.29) is 0 Å². The van der Waals surface area contributed by atoms with Gasteiger partial charge < -0.3 is 0 Å². The number of hydrogen-bond acceptors (Lipinski definition) is 1. The molecule has 3 aromatic rings. The molecule has 0 N–H and O–H groups in total. The summed E-state index contributed by atoms with van der Waals surface area (Å²) in [6.07, 6.45) is -0.903. The van der Waals surface area contributed by atoms with Gasteiger partial charge in [0, 0.05) is 136 Å². The first-order chi connectivity index (χ1) is 33.1. The maximum Gasteiger partial charge on any atom is 0.0499 e. The van der Waals surface area contributed by atoms with Crippen molar-refractivity contribution in [3.8, 4) is 10.6 Å². The van der Waals surface area contributed by atoms with Gasteiger partial charge in [-0.2, -0.15) is 0 Å². The van der Waals surface area contributed by atoms with Gasteiger partial charge in [-0.05, 0) is 62.6 Å². The Bertz CT molecular complexity index is 2130. The van der Waals surface area contributed by atoms with E-state index in [1.54, 1.807) is 0 Å². The lowest BCUT2D eigenvalue weighted by Gasteiger charge is -2.60. The summed E-state index contributed by atoms with van der Waals surface area (Å²) in [5.41, 5.74) is 11.6. The SMILES string of the molecule is C[Si](C)(C)C(c1cc(C([Si](C)(C)C)([Si](C)(C)C)[Si](C)(C)C)cc(C([Si](C)(C)C)[Si](C)(C)C)c1-p1sp1-c1c(C([Si](C)(C)C)[Si](C)(C)C)cc(C([Si](C)(C)C)([Si](C)(C)C)[Si](C)(C)C)cc1C([Si](C)(C)C)[Si](C)(C)C)[Si](C)(C)C. The average molecular weight is 1340 g/mol. The van der Waals surface area contributed by atoms with Crippen LogP contribution in [-0.4, -0.2) is 113 Å². The molecular formula is C60H134P2SSi14. The summed E-state index contributed by atoms with van der Waals surface area (Å²) in [7, 11) is -22.4. The standard InChI is InChI=1S/C60H134P2SSi14/c1-64(2,3)55(65(4,5)6)49-43-47(59(72(25,26)27,73(28,29)30)74(31,32)33)44-50(56(66(7,8)9)67(10,11)12)53(49)61-62(63-61)54-51(57(68(13,14)15)69(16,17)18)45-48(46-52(54)58(70(19,20)21)71(22,23)24)60(75(34,35)36,76(37,38)39)77(40,41)42/h43-46,55-58H,1-42H3. The van der Waals surface area contributed by atoms with Crippen molar-refractivity contribution in [2.45, 2.75) is 304 Å². The summed E-state index contributed by atoms with van der Waals surface area (Å²) in [4.78, 5) is 0. The zero-order chi connectivity index (χ0) is 61.6. The van der Waals surface area contributed by atoms with Crippen molar-refractivity contribution in [2.24, 2.45) is 0 Å². The van der Waals surface area contributed by atoms with E-state index >= 15 is 0 Å². The lowest BCUT2D eigenvalue weighted by atomic mass is 10.1. The molecule has 3 rings (SSSR count). The minimum absolute atomic E-state index is 0.339. The molecule has 0 bridgehead atoms. The first-order valence-electron chi connectivity index (χ1n) is 30.8. The molecule has 0 aliphatic rings. The number of benzene rings is 2. The van der Waals surface area contributed by atoms with Crippen molar-refractivity contribution in [1.29, 1.82) is 0 Å². The van der Waals surface area contributed by atoms with Gasteiger partial charge in [-0.3, -0.25) is 0 Å². The Balaban J connectivity index is 3.27. The zero-order valence-electron chi connectivity index (χ0n) is 59.9. The monoisotopic (exact) mass is 1340 g/mol. The molecule has 0 aliphatic carbocycles. The summed E-state index contributed by atoms with van der Waals surface area (Å²) in [6, 6.07) is 12.6. The normalized spacial score (nSPS) is 16.3. The van der Waals surface area contributed by atoms with Gasteiger partial charge in [-0.25, -0.2) is 0 Å². The van der Waals surface area contributed by atoms with E-state index in [9.17, 15) is 0 Å². The Morgan fingerprint density at radius 2 is 0.377 bits per heavy atom. The van der Waals surface area contributed by atoms with Crippen LogP contribution >= 0.6 is 23.3 Å². The summed E-state index contributed by atoms with van der Waals surface area (Å²) in [6.45, 7) is 118. The smallest absolute Gasteiger partial charge is 0.0499 e. The third kappa shape index (κ3) is 14.3. The van der Waals surface area contributed by atoms with Crippen molar-refractivity contribution in [3.05, 3.63) is 57.6 Å². The molecule has 2 unspecified atom stereocenters. The molecule has 77 heavy (non-hydrogen) atoms. The Morgan fingerprint density at radius 1 is 0.247 bits per heavy atom. The quantitative estimate of drug-likeness (QED) is 0.0880. The lowest BCUT2D eigenvalue weighted by Crippen LogP contribution is -2.74. The summed E-state index contributed by atoms with van der Waals surface area (Å²) in [5, 5.41) is 6.90. The van der Waals surface area contributed by atoms with Gasteiger partial charge >= 0.3 is 0 Å². The molecule has 0 spiro atoms. The van der Waals surface area contributed by atoms with Gasteiger partial charge in [-0.1, -0.05) is 310 Å². The Kier molecular flexibility index (Phi) is 21.2. The van der Waals surface area contributed by atoms with E-state index in [2.05, 4.69) is 310 Å². The minimum Gasteiger partial charge on any atom is -0.0886 e. The molecule has 0 amide bonds. The molecule has 0 aliphatic heterocycles. The van der Waals surface area contributed by atoms with Gasteiger partial charge in [0.1, 0.15) is 0 Å². The third-order valence-corrected chi connectivity index (χ3v) is 109. The molecule has 0 nitrogen and oxygen atoms in total. The fourth-order valence-corrected chi connectivity index (χ4v) is 146. The van der Waals surface area contributed by atoms with E-state index in [1.807, 2.05) is 44.0 Å². The largest absolute Gasteiger partial charge is 0.0886 e. The summed E-state index contributed by atoms with van der Waals surface area (Å²) < 4.78 is 0.679. The maximum absolute atomic E-state index is 3.14. The first-order valence-corrected chi connectivity index (χ1v) is 85.8. The van der Waals surface area contributed by atoms with Crippen LogP contribution in [0, 0.1) is 0 Å². The predicted octanol–water partition coefficient (Wildman–Crippen LogP) is 24.8. The van der Waals surface area contributed by atoms with E-state index in [0.29, 0.717) is 8.57 Å². The van der Waals surface area contributed by atoms with Crippen LogP contribution < -0.4 is 0 Å². The molecule has 0 saturated heterocycles. The van der Waals surface area contributed by atoms with Gasteiger partial charge in [0.2, 0.25) is 0 Å². The number of rotatable bonds is 22. The molecule has 17 heteroatoms. The fourth-order valence-electron chi connectivity index (χ4n) is 21.7. The molecule has 2 atom stereocenters. The molecule has 0 radical (unpaired) electrons. The second kappa shape index (κ2) is 22.2. The van der Waals surface area contributed by atoms with E-state index in [0.717, 1.165) is 20.7 Å². The van der Waals surface area contributed by atoms with Gasteiger partial charge in [0.05, 0.1) is 0 Å². The highest BCUT2D eigenvalue weighted by Gasteiger charge is 2.63. The molecule has 446 valence electrons. The Hall–Kier alpha value is 2.30. The van der Waals surface area contributed by atoms with E-state index < -0.39 is 126 Å². The zero-order valence-corrected chi connectivity index (χ0v) is 76.5. The van der Waals surface area contributed by atoms with Crippen LogP contribution in [0.5, 0.6) is 0 Å². The van der Waals surface area contributed by atoms with Crippen LogP contribution in [0.3, 0.4) is 0 Å². The van der Waals surface area contributed by atoms with Crippen LogP contribution in [0.2, 0.25) is 275 Å². The van der Waals surface area contributed by atoms with Crippen molar-refractivity contribution in [3.63, 3.8) is 0 Å². The van der Waals surface area contributed by atoms with Crippen molar-refractivity contribution in [2.75, 3.05) is 0 Å². The molecular weight excluding hydrogens is 1210 g/mol. The van der Waals surface area contributed by atoms with Gasteiger partial charge in [-0.15, -0.1) is 0 Å². The van der Waals surface area contributed by atoms with Gasteiger partial charge in [0.15, 0.2) is 0 Å². The summed E-state index contributed by atoms with van der Waals surface area (Å²) in [5.74, 6) is 0. The average Bonchev–Trinajstić information content (AvgIpc) is 3.79. The second-order valence-electron chi connectivity index (χ2n) is 40.3. The van der Waals surface area contributed by atoms with E-state index in [4.69, 9.17) is 0 Å². The lowest BCUT2D eigenvalue weighted by molar-refractivity contribution is 0.993. The second-order valence-corrected chi connectivity index (χ2v) is 130. The van der Waals surface area contributed by atoms with Gasteiger partial charge in [0.25, 0.3) is 0 Å². The molecule has 1 heterocycles. The third-order valence-electron chi connectivity index (χ3n) is 18.8. The fraction of sp³-hybridized carbons (Fsp3) is 0.800. The molecule has 0 fully saturated rings. The highest BCUT2D eigenvalue weighted by Crippen LogP contribution is 2.85. The topological polar surface area (TPSA) is 0 Å². The minimum atomic E-state index is -1.82. The molecule has 2 aromatic carbocycles. The Labute approximate surface area is 504 Å². The van der Waals surface area contributed by atoms with Crippen LogP contribution in [0.4, 0.5) is 0 Å². The predicted molar refractivity (Wildman–Crippen MR) is 414 cm³/mol. The van der Waals surface area contributed by atoms with Crippen molar-refractivity contribution < 1.29 is 0 Å². The highest BCUT2D eigenvalue weighted by molar-refractivity contribution is 8.64. The van der Waals surface area contributed by atoms with Crippen LogP contribution in [0.1, 0.15) is 54.0 Å². The van der Waals surface area contributed by atoms with E-state index in [1.165, 1.54) is 0 Å². The molecule has 1 aromatic heterocycles. The Morgan fingerprint density at radius 3 is 0.481 bits per heavy atom. The summed E-state index contributed by atoms with van der Waals surface area (Å²) >= 11 is 0. The van der Waals surface area contributed by atoms with Crippen LogP contribution in [-0.2, 0) is 8.57 Å². The highest BCUT2D eigenvalue weighted by atomic mass is 33.1. The first kappa shape index (κ1) is 73.6. The number of hydrogen-bond donors (Lipinski definition) is 0. The van der Waals surface area contributed by atoms with Crippen LogP contribution in [0.15, 0.2) is 24.3 Å². The van der Waals surface area contributed by atoms with Crippen molar-refractivity contribution >= 4 is 136 Å². The van der Waals surface area contributed by atoms with Crippen LogP contribution in [0.25, 0.3) is 10.6 Å².